The van der Waals surface area contributed by atoms with Gasteiger partial charge in [-0.2, -0.15) is 0 Å². The van der Waals surface area contributed by atoms with Crippen molar-refractivity contribution in [2.75, 3.05) is 11.5 Å². The number of nitrogens with zero attached hydrogens (tertiary/aromatic N) is 1. The zero-order chi connectivity index (χ0) is 23.3. The maximum atomic E-state index is 13.7. The Morgan fingerprint density at radius 1 is 1.12 bits per heavy atom. The van der Waals surface area contributed by atoms with E-state index in [-0.39, 0.29) is 24.3 Å². The Bertz CT molecular complexity index is 1320. The molecule has 3 unspecified atom stereocenters. The molecule has 10 heteroatoms. The highest BCUT2D eigenvalue weighted by atomic mass is 35.5. The maximum absolute atomic E-state index is 13.7. The number of esters is 1. The van der Waals surface area contributed by atoms with Crippen LogP contribution < -0.4 is 4.90 Å². The predicted molar refractivity (Wildman–Crippen MR) is 131 cm³/mol. The number of carbonyl (C=O) groups excluding carboxylic acids is 3. The standard InChI is InChI=1S/C23H17ClN2O4S3/c1-2-30-22(29)12-5-9-14(10-6-12)26-20(27)16-15(11-3-7-13(24)8-4-11)17-19(25-23(31)33-17)32-18(16)21(26)28/h3-10,15-16,18H,2H2,1H3,(H,25,31). The fourth-order valence-corrected chi connectivity index (χ4v) is 7.35. The third kappa shape index (κ3) is 3.82. The number of halogens is 1. The normalized spacial score (nSPS) is 21.6. The van der Waals surface area contributed by atoms with E-state index >= 15 is 0 Å². The molecule has 1 aromatic heterocycles. The van der Waals surface area contributed by atoms with Gasteiger partial charge in [-0.3, -0.25) is 9.59 Å². The quantitative estimate of drug-likeness (QED) is 0.283. The Morgan fingerprint density at radius 2 is 1.82 bits per heavy atom. The van der Waals surface area contributed by atoms with Crippen molar-refractivity contribution in [3.63, 3.8) is 0 Å². The number of nitrogens with one attached hydrogen (secondary N) is 1. The van der Waals surface area contributed by atoms with Gasteiger partial charge in [-0.1, -0.05) is 35.5 Å². The second kappa shape index (κ2) is 8.72. The first-order valence-corrected chi connectivity index (χ1v) is 12.7. The minimum Gasteiger partial charge on any atom is -0.462 e. The molecule has 1 fully saturated rings. The van der Waals surface area contributed by atoms with Gasteiger partial charge < -0.3 is 9.72 Å². The van der Waals surface area contributed by atoms with Crippen LogP contribution in [0.5, 0.6) is 0 Å². The number of imide groups is 1. The van der Waals surface area contributed by atoms with Crippen LogP contribution >= 0.6 is 46.9 Å². The number of amides is 2. The van der Waals surface area contributed by atoms with Gasteiger partial charge in [0, 0.05) is 15.8 Å². The first-order chi connectivity index (χ1) is 15.9. The zero-order valence-corrected chi connectivity index (χ0v) is 20.4. The van der Waals surface area contributed by atoms with Gasteiger partial charge in [-0.15, -0.1) is 11.3 Å². The topological polar surface area (TPSA) is 79.5 Å². The summed E-state index contributed by atoms with van der Waals surface area (Å²) in [7, 11) is 0. The average Bonchev–Trinajstić information content (AvgIpc) is 3.29. The van der Waals surface area contributed by atoms with Crippen molar-refractivity contribution < 1.29 is 19.1 Å². The number of anilines is 1. The number of benzene rings is 2. The number of hydrogen-bond donors (Lipinski definition) is 1. The van der Waals surface area contributed by atoms with Gasteiger partial charge in [-0.05, 0) is 61.1 Å². The molecule has 3 heterocycles. The minimum atomic E-state index is -0.587. The lowest BCUT2D eigenvalue weighted by atomic mass is 9.83. The Balaban J connectivity index is 1.54. The maximum Gasteiger partial charge on any atom is 0.338 e. The zero-order valence-electron chi connectivity index (χ0n) is 17.2. The molecule has 1 N–H and O–H groups in total. The second-order valence-corrected chi connectivity index (χ2v) is 10.9. The van der Waals surface area contributed by atoms with E-state index in [1.807, 2.05) is 12.1 Å². The lowest BCUT2D eigenvalue weighted by Crippen LogP contribution is -2.32. The summed E-state index contributed by atoms with van der Waals surface area (Å²) in [4.78, 5) is 44.5. The van der Waals surface area contributed by atoms with Crippen molar-refractivity contribution in [1.82, 2.24) is 4.98 Å². The number of H-pyrrole nitrogens is 1. The number of fused-ring (bicyclic) bond motifs is 2. The molecule has 0 saturated carbocycles. The summed E-state index contributed by atoms with van der Waals surface area (Å²) in [5.41, 5.74) is 1.70. The minimum absolute atomic E-state index is 0.267. The van der Waals surface area contributed by atoms with E-state index in [0.29, 0.717) is 20.2 Å². The summed E-state index contributed by atoms with van der Waals surface area (Å²) >= 11 is 14.2. The van der Waals surface area contributed by atoms with E-state index in [1.165, 1.54) is 28.0 Å². The van der Waals surface area contributed by atoms with Crippen LogP contribution in [0.1, 0.15) is 33.6 Å². The smallest absolute Gasteiger partial charge is 0.338 e. The molecule has 5 rings (SSSR count). The van der Waals surface area contributed by atoms with Gasteiger partial charge in [0.2, 0.25) is 11.8 Å². The van der Waals surface area contributed by atoms with E-state index in [0.717, 1.165) is 15.5 Å². The molecule has 0 spiro atoms. The van der Waals surface area contributed by atoms with E-state index in [9.17, 15) is 14.4 Å². The molecular weight excluding hydrogens is 500 g/mol. The number of aromatic nitrogens is 1. The van der Waals surface area contributed by atoms with E-state index in [4.69, 9.17) is 28.6 Å². The van der Waals surface area contributed by atoms with Gasteiger partial charge in [0.05, 0.1) is 28.8 Å². The monoisotopic (exact) mass is 516 g/mol. The molecule has 2 aliphatic heterocycles. The van der Waals surface area contributed by atoms with Crippen molar-refractivity contribution in [3.8, 4) is 0 Å². The van der Waals surface area contributed by atoms with Crippen molar-refractivity contribution in [2.24, 2.45) is 5.92 Å². The van der Waals surface area contributed by atoms with Crippen molar-refractivity contribution in [1.29, 1.82) is 0 Å². The fraction of sp³-hybridized carbons (Fsp3) is 0.217. The van der Waals surface area contributed by atoms with Gasteiger partial charge in [0.15, 0.2) is 3.95 Å². The summed E-state index contributed by atoms with van der Waals surface area (Å²) < 4.78 is 5.62. The van der Waals surface area contributed by atoms with Gasteiger partial charge in [0.1, 0.15) is 5.25 Å². The summed E-state index contributed by atoms with van der Waals surface area (Å²) in [6, 6.07) is 13.7. The summed E-state index contributed by atoms with van der Waals surface area (Å²) in [5, 5.41) is 0.835. The van der Waals surface area contributed by atoms with Crippen molar-refractivity contribution >= 4 is 70.4 Å². The molecule has 33 heavy (non-hydrogen) atoms. The molecular formula is C23H17ClN2O4S3. The van der Waals surface area contributed by atoms with E-state index in [1.54, 1.807) is 43.3 Å². The molecule has 6 nitrogen and oxygen atoms in total. The number of thioether (sulfide) groups is 1. The first kappa shape index (κ1) is 22.3. The molecule has 0 aliphatic carbocycles. The molecule has 2 amide bonds. The number of aromatic amines is 1. The van der Waals surface area contributed by atoms with E-state index in [2.05, 4.69) is 4.98 Å². The Kier molecular flexibility index (Phi) is 5.90. The van der Waals surface area contributed by atoms with Crippen LogP contribution in [-0.2, 0) is 14.3 Å². The third-order valence-electron chi connectivity index (χ3n) is 5.69. The Hall–Kier alpha value is -2.46. The number of rotatable bonds is 4. The molecule has 2 aromatic carbocycles. The lowest BCUT2D eigenvalue weighted by Gasteiger charge is -2.29. The molecule has 1 saturated heterocycles. The predicted octanol–water partition coefficient (Wildman–Crippen LogP) is 5.43. The van der Waals surface area contributed by atoms with Crippen LogP contribution in [0.15, 0.2) is 53.6 Å². The highest BCUT2D eigenvalue weighted by molar-refractivity contribution is 8.01. The van der Waals surface area contributed by atoms with Crippen LogP contribution in [-0.4, -0.2) is 34.6 Å². The largest absolute Gasteiger partial charge is 0.462 e. The summed E-state index contributed by atoms with van der Waals surface area (Å²) in [6.07, 6.45) is 0. The Morgan fingerprint density at radius 3 is 2.48 bits per heavy atom. The number of thiazole rings is 1. The van der Waals surface area contributed by atoms with Gasteiger partial charge >= 0.3 is 5.97 Å². The number of hydrogen-bond acceptors (Lipinski definition) is 7. The van der Waals surface area contributed by atoms with Crippen LogP contribution in [0.3, 0.4) is 0 Å². The summed E-state index contributed by atoms with van der Waals surface area (Å²) in [6.45, 7) is 2.00. The average molecular weight is 517 g/mol. The SMILES string of the molecule is CCOC(=O)c1ccc(N2C(=O)C3Sc4[nH]c(=S)sc4C(c4ccc(Cl)cc4)C3C2=O)cc1. The molecule has 3 atom stereocenters. The highest BCUT2D eigenvalue weighted by Gasteiger charge is 2.56. The summed E-state index contributed by atoms with van der Waals surface area (Å²) in [5.74, 6) is -1.90. The first-order valence-electron chi connectivity index (χ1n) is 10.2. The third-order valence-corrected chi connectivity index (χ3v) is 8.69. The van der Waals surface area contributed by atoms with Crippen LogP contribution in [0, 0.1) is 9.87 Å². The molecule has 3 aromatic rings. The lowest BCUT2D eigenvalue weighted by molar-refractivity contribution is -0.122. The fourth-order valence-electron chi connectivity index (χ4n) is 4.26. The molecule has 0 bridgehead atoms. The van der Waals surface area contributed by atoms with Crippen LogP contribution in [0.25, 0.3) is 0 Å². The van der Waals surface area contributed by atoms with Gasteiger partial charge in [0.25, 0.3) is 0 Å². The number of carbonyl (C=O) groups is 3. The highest BCUT2D eigenvalue weighted by Crippen LogP contribution is 2.54. The van der Waals surface area contributed by atoms with E-state index < -0.39 is 17.1 Å². The van der Waals surface area contributed by atoms with Crippen molar-refractivity contribution in [2.45, 2.75) is 23.1 Å². The van der Waals surface area contributed by atoms with Crippen LogP contribution in [0.4, 0.5) is 5.69 Å². The van der Waals surface area contributed by atoms with Crippen molar-refractivity contribution in [3.05, 3.63) is 73.5 Å². The number of ether oxygens (including phenoxy) is 1. The molecule has 168 valence electrons. The second-order valence-electron chi connectivity index (χ2n) is 7.58. The van der Waals surface area contributed by atoms with Gasteiger partial charge in [-0.25, -0.2) is 9.69 Å². The Labute approximate surface area is 207 Å². The molecule has 2 aliphatic rings. The van der Waals surface area contributed by atoms with Crippen LogP contribution in [0.2, 0.25) is 5.02 Å². The molecule has 0 radical (unpaired) electrons.